The maximum atomic E-state index is 11.9. The molecule has 5 heteroatoms. The van der Waals surface area contributed by atoms with Crippen LogP contribution in [0.25, 0.3) is 0 Å². The maximum Gasteiger partial charge on any atom is 0.341 e. The molecule has 0 spiro atoms. The van der Waals surface area contributed by atoms with Crippen molar-refractivity contribution in [2.45, 2.75) is 40.5 Å². The molecule has 0 unspecified atom stereocenters. The Bertz CT molecular complexity index is 477. The van der Waals surface area contributed by atoms with Crippen LogP contribution in [-0.4, -0.2) is 19.0 Å². The molecular formula is C14H21NO3S. The minimum Gasteiger partial charge on any atom is -0.465 e. The van der Waals surface area contributed by atoms with Crippen molar-refractivity contribution in [3.05, 3.63) is 16.0 Å². The van der Waals surface area contributed by atoms with Crippen LogP contribution in [-0.2, 0) is 16.0 Å². The molecule has 0 atom stereocenters. The predicted octanol–water partition coefficient (Wildman–Crippen LogP) is 3.39. The highest BCUT2D eigenvalue weighted by atomic mass is 32.1. The smallest absolute Gasteiger partial charge is 0.341 e. The lowest BCUT2D eigenvalue weighted by Crippen LogP contribution is -2.16. The summed E-state index contributed by atoms with van der Waals surface area (Å²) in [7, 11) is 1.36. The van der Waals surface area contributed by atoms with Gasteiger partial charge in [-0.05, 0) is 24.8 Å². The molecule has 19 heavy (non-hydrogen) atoms. The largest absolute Gasteiger partial charge is 0.465 e. The van der Waals surface area contributed by atoms with Crippen molar-refractivity contribution in [3.8, 4) is 0 Å². The molecule has 0 fully saturated rings. The molecule has 0 radical (unpaired) electrons. The number of rotatable bonds is 5. The molecule has 1 aromatic rings. The number of methoxy groups -OCH3 is 1. The summed E-state index contributed by atoms with van der Waals surface area (Å²) in [5.74, 6) is -0.168. The number of hydrogen-bond acceptors (Lipinski definition) is 4. The first-order valence-corrected chi connectivity index (χ1v) is 7.22. The van der Waals surface area contributed by atoms with Crippen molar-refractivity contribution >= 4 is 28.2 Å². The number of anilines is 1. The van der Waals surface area contributed by atoms with E-state index in [2.05, 4.69) is 5.32 Å². The summed E-state index contributed by atoms with van der Waals surface area (Å²) in [6.45, 7) is 7.91. The van der Waals surface area contributed by atoms with E-state index in [4.69, 9.17) is 4.74 Å². The summed E-state index contributed by atoms with van der Waals surface area (Å²) in [6, 6.07) is 0. The summed E-state index contributed by atoms with van der Waals surface area (Å²) >= 11 is 1.43. The van der Waals surface area contributed by atoms with Crippen molar-refractivity contribution in [3.63, 3.8) is 0 Å². The molecular weight excluding hydrogens is 262 g/mol. The highest BCUT2D eigenvalue weighted by molar-refractivity contribution is 7.16. The van der Waals surface area contributed by atoms with Gasteiger partial charge in [-0.1, -0.05) is 20.8 Å². The second-order valence-corrected chi connectivity index (χ2v) is 6.06. The second-order valence-electron chi connectivity index (χ2n) is 4.83. The van der Waals surface area contributed by atoms with Crippen LogP contribution >= 0.6 is 11.3 Å². The lowest BCUT2D eigenvalue weighted by molar-refractivity contribution is -0.116. The van der Waals surface area contributed by atoms with Crippen LogP contribution in [0, 0.1) is 12.8 Å². The molecule has 0 saturated heterocycles. The van der Waals surface area contributed by atoms with E-state index < -0.39 is 0 Å². The van der Waals surface area contributed by atoms with Crippen molar-refractivity contribution < 1.29 is 14.3 Å². The monoisotopic (exact) mass is 283 g/mol. The molecule has 0 aliphatic rings. The van der Waals surface area contributed by atoms with Crippen LogP contribution in [0.3, 0.4) is 0 Å². The van der Waals surface area contributed by atoms with E-state index in [0.717, 1.165) is 16.9 Å². The summed E-state index contributed by atoms with van der Waals surface area (Å²) in [4.78, 5) is 24.7. The first-order chi connectivity index (χ1) is 8.90. The number of thiophene rings is 1. The summed E-state index contributed by atoms with van der Waals surface area (Å²) in [5.41, 5.74) is 1.46. The van der Waals surface area contributed by atoms with E-state index in [1.165, 1.54) is 18.4 Å². The van der Waals surface area contributed by atoms with Gasteiger partial charge in [0.1, 0.15) is 5.00 Å². The third-order valence-electron chi connectivity index (χ3n) is 2.80. The Morgan fingerprint density at radius 3 is 2.47 bits per heavy atom. The van der Waals surface area contributed by atoms with Gasteiger partial charge in [-0.3, -0.25) is 4.79 Å². The van der Waals surface area contributed by atoms with E-state index >= 15 is 0 Å². The summed E-state index contributed by atoms with van der Waals surface area (Å²) in [5, 5.41) is 3.43. The first kappa shape index (κ1) is 15.7. The van der Waals surface area contributed by atoms with E-state index in [1.807, 2.05) is 27.7 Å². The normalized spacial score (nSPS) is 10.6. The van der Waals surface area contributed by atoms with Crippen LogP contribution in [0.5, 0.6) is 0 Å². The molecule has 0 bridgehead atoms. The fraction of sp³-hybridized carbons (Fsp3) is 0.571. The molecule has 1 heterocycles. The van der Waals surface area contributed by atoms with Crippen LogP contribution in [0.4, 0.5) is 5.00 Å². The Balaban J connectivity index is 3.06. The Morgan fingerprint density at radius 2 is 2.00 bits per heavy atom. The van der Waals surface area contributed by atoms with Crippen LogP contribution < -0.4 is 5.32 Å². The van der Waals surface area contributed by atoms with E-state index in [-0.39, 0.29) is 17.8 Å². The van der Waals surface area contributed by atoms with Crippen molar-refractivity contribution in [2.75, 3.05) is 12.4 Å². The molecule has 0 aromatic carbocycles. The van der Waals surface area contributed by atoms with Gasteiger partial charge < -0.3 is 10.1 Å². The van der Waals surface area contributed by atoms with Crippen molar-refractivity contribution in [2.24, 2.45) is 5.92 Å². The number of hydrogen-bond donors (Lipinski definition) is 1. The average Bonchev–Trinajstić information content (AvgIpc) is 2.62. The molecule has 4 nitrogen and oxygen atoms in total. The highest BCUT2D eigenvalue weighted by Crippen LogP contribution is 2.34. The van der Waals surface area contributed by atoms with Gasteiger partial charge in [0.25, 0.3) is 0 Å². The molecule has 1 N–H and O–H groups in total. The van der Waals surface area contributed by atoms with Gasteiger partial charge in [0.2, 0.25) is 5.91 Å². The maximum absolute atomic E-state index is 11.9. The Labute approximate surface area is 118 Å². The molecule has 1 rings (SSSR count). The Hall–Kier alpha value is -1.36. The van der Waals surface area contributed by atoms with Gasteiger partial charge in [0.15, 0.2) is 0 Å². The number of ether oxygens (including phenoxy) is 1. The van der Waals surface area contributed by atoms with Crippen LogP contribution in [0.15, 0.2) is 0 Å². The predicted molar refractivity (Wildman–Crippen MR) is 77.9 cm³/mol. The first-order valence-electron chi connectivity index (χ1n) is 6.41. The van der Waals surface area contributed by atoms with Crippen LogP contribution in [0.1, 0.15) is 48.0 Å². The zero-order chi connectivity index (χ0) is 14.6. The molecule has 1 aromatic heterocycles. The minimum atomic E-state index is -0.388. The average molecular weight is 283 g/mol. The fourth-order valence-corrected chi connectivity index (χ4v) is 3.11. The zero-order valence-corrected chi connectivity index (χ0v) is 12.9. The number of esters is 1. The lowest BCUT2D eigenvalue weighted by atomic mass is 10.1. The fourth-order valence-electron chi connectivity index (χ4n) is 1.96. The van der Waals surface area contributed by atoms with E-state index in [1.54, 1.807) is 0 Å². The molecule has 0 aliphatic heterocycles. The highest BCUT2D eigenvalue weighted by Gasteiger charge is 2.22. The lowest BCUT2D eigenvalue weighted by Gasteiger charge is -2.08. The van der Waals surface area contributed by atoms with Gasteiger partial charge in [-0.2, -0.15) is 0 Å². The molecule has 1 amide bonds. The van der Waals surface area contributed by atoms with Gasteiger partial charge >= 0.3 is 5.97 Å². The van der Waals surface area contributed by atoms with E-state index in [0.29, 0.717) is 17.0 Å². The standard InChI is InChI=1S/C14H21NO3S/c1-6-10-9(4)19-13(12(10)14(17)18-5)15-11(16)7-8(2)3/h8H,6-7H2,1-5H3,(H,15,16). The van der Waals surface area contributed by atoms with Crippen molar-refractivity contribution in [1.29, 1.82) is 0 Å². The Morgan fingerprint density at radius 1 is 1.37 bits per heavy atom. The van der Waals surface area contributed by atoms with Gasteiger partial charge in [-0.15, -0.1) is 11.3 Å². The number of carbonyl (C=O) groups excluding carboxylic acids is 2. The third-order valence-corrected chi connectivity index (χ3v) is 3.86. The van der Waals surface area contributed by atoms with Gasteiger partial charge in [-0.25, -0.2) is 4.79 Å². The Kier molecular flexibility index (Phi) is 5.54. The van der Waals surface area contributed by atoms with Gasteiger partial charge in [0, 0.05) is 11.3 Å². The molecule has 0 aliphatic carbocycles. The number of aryl methyl sites for hydroxylation is 1. The SMILES string of the molecule is CCc1c(C)sc(NC(=O)CC(C)C)c1C(=O)OC. The zero-order valence-electron chi connectivity index (χ0n) is 12.1. The number of nitrogens with one attached hydrogen (secondary N) is 1. The van der Waals surface area contributed by atoms with Gasteiger partial charge in [0.05, 0.1) is 12.7 Å². The third kappa shape index (κ3) is 3.80. The number of carbonyl (C=O) groups is 2. The summed E-state index contributed by atoms with van der Waals surface area (Å²) in [6.07, 6.45) is 1.19. The second kappa shape index (κ2) is 6.70. The minimum absolute atomic E-state index is 0.0657. The number of amides is 1. The topological polar surface area (TPSA) is 55.4 Å². The quantitative estimate of drug-likeness (QED) is 0.843. The van der Waals surface area contributed by atoms with E-state index in [9.17, 15) is 9.59 Å². The summed E-state index contributed by atoms with van der Waals surface area (Å²) < 4.78 is 4.81. The van der Waals surface area contributed by atoms with Crippen LogP contribution in [0.2, 0.25) is 0 Å². The van der Waals surface area contributed by atoms with Crippen molar-refractivity contribution in [1.82, 2.24) is 0 Å². The molecule has 106 valence electrons. The molecule has 0 saturated carbocycles.